The normalized spacial score (nSPS) is 10.2. The zero-order chi connectivity index (χ0) is 15.1. The van der Waals surface area contributed by atoms with Crippen molar-refractivity contribution < 1.29 is 4.79 Å². The smallest absolute Gasteiger partial charge is 0.224 e. The third kappa shape index (κ3) is 4.65. The molecular formula is C14H20ClN3OS. The lowest BCUT2D eigenvalue weighted by Crippen LogP contribution is -2.31. The van der Waals surface area contributed by atoms with E-state index in [4.69, 9.17) is 29.6 Å². The third-order valence-electron chi connectivity index (χ3n) is 3.02. The lowest BCUT2D eigenvalue weighted by atomic mass is 10.2. The van der Waals surface area contributed by atoms with E-state index in [2.05, 4.69) is 5.32 Å². The van der Waals surface area contributed by atoms with Gasteiger partial charge in [0.05, 0.1) is 10.7 Å². The van der Waals surface area contributed by atoms with Gasteiger partial charge in [0.1, 0.15) is 4.99 Å². The third-order valence-corrected chi connectivity index (χ3v) is 3.57. The molecule has 1 rings (SSSR count). The van der Waals surface area contributed by atoms with Crippen LogP contribution in [0, 0.1) is 0 Å². The van der Waals surface area contributed by atoms with E-state index in [1.807, 2.05) is 26.0 Å². The molecule has 6 heteroatoms. The molecule has 0 radical (unpaired) electrons. The van der Waals surface area contributed by atoms with Crippen LogP contribution in [-0.2, 0) is 4.79 Å². The number of benzene rings is 1. The summed E-state index contributed by atoms with van der Waals surface area (Å²) in [5, 5.41) is 3.70. The van der Waals surface area contributed by atoms with Crippen LogP contribution < -0.4 is 11.1 Å². The summed E-state index contributed by atoms with van der Waals surface area (Å²) < 4.78 is 0. The fourth-order valence-electron chi connectivity index (χ4n) is 1.85. The minimum atomic E-state index is 0.137. The maximum Gasteiger partial charge on any atom is 0.224 e. The number of rotatable bonds is 7. The minimum absolute atomic E-state index is 0.137. The Kier molecular flexibility index (Phi) is 6.75. The molecule has 0 aliphatic carbocycles. The van der Waals surface area contributed by atoms with Crippen molar-refractivity contribution in [2.45, 2.75) is 20.3 Å². The van der Waals surface area contributed by atoms with Crippen LogP contribution in [0.15, 0.2) is 18.2 Å². The van der Waals surface area contributed by atoms with Gasteiger partial charge in [0.25, 0.3) is 0 Å². The first kappa shape index (κ1) is 16.7. The van der Waals surface area contributed by atoms with E-state index in [1.165, 1.54) is 0 Å². The lowest BCUT2D eigenvalue weighted by Gasteiger charge is -2.19. The van der Waals surface area contributed by atoms with Crippen molar-refractivity contribution >= 4 is 40.4 Å². The van der Waals surface area contributed by atoms with E-state index in [0.29, 0.717) is 23.0 Å². The van der Waals surface area contributed by atoms with E-state index in [9.17, 15) is 4.79 Å². The Labute approximate surface area is 130 Å². The summed E-state index contributed by atoms with van der Waals surface area (Å²) in [6, 6.07) is 5.35. The SMILES string of the molecule is CCN(CC)C(=O)CCNc1ccc(C(N)=S)cc1Cl. The molecule has 110 valence electrons. The minimum Gasteiger partial charge on any atom is -0.389 e. The summed E-state index contributed by atoms with van der Waals surface area (Å²) in [5.74, 6) is 0.137. The van der Waals surface area contributed by atoms with Crippen molar-refractivity contribution in [2.24, 2.45) is 5.73 Å². The summed E-state index contributed by atoms with van der Waals surface area (Å²) in [6.45, 7) is 5.96. The van der Waals surface area contributed by atoms with Crippen molar-refractivity contribution in [2.75, 3.05) is 25.0 Å². The number of carbonyl (C=O) groups excluding carboxylic acids is 1. The predicted octanol–water partition coefficient (Wildman–Crippen LogP) is 2.64. The van der Waals surface area contributed by atoms with Crippen LogP contribution in [0.4, 0.5) is 5.69 Å². The van der Waals surface area contributed by atoms with Crippen LogP contribution in [0.2, 0.25) is 5.02 Å². The Bertz CT molecular complexity index is 489. The van der Waals surface area contributed by atoms with Crippen LogP contribution in [0.25, 0.3) is 0 Å². The summed E-state index contributed by atoms with van der Waals surface area (Å²) >= 11 is 11.0. The monoisotopic (exact) mass is 313 g/mol. The first-order valence-corrected chi connectivity index (χ1v) is 7.39. The van der Waals surface area contributed by atoms with E-state index >= 15 is 0 Å². The molecule has 0 unspecified atom stereocenters. The van der Waals surface area contributed by atoms with E-state index in [0.717, 1.165) is 24.3 Å². The number of carbonyl (C=O) groups is 1. The van der Waals surface area contributed by atoms with Crippen LogP contribution in [0.3, 0.4) is 0 Å². The van der Waals surface area contributed by atoms with Gasteiger partial charge >= 0.3 is 0 Å². The topological polar surface area (TPSA) is 58.4 Å². The Morgan fingerprint density at radius 3 is 2.55 bits per heavy atom. The zero-order valence-corrected chi connectivity index (χ0v) is 13.4. The highest BCUT2D eigenvalue weighted by Crippen LogP contribution is 2.23. The average Bonchev–Trinajstić information content (AvgIpc) is 2.41. The average molecular weight is 314 g/mol. The summed E-state index contributed by atoms with van der Waals surface area (Å²) in [6.07, 6.45) is 0.440. The van der Waals surface area contributed by atoms with E-state index in [1.54, 1.807) is 11.0 Å². The lowest BCUT2D eigenvalue weighted by molar-refractivity contribution is -0.130. The molecule has 1 aromatic rings. The molecule has 1 amide bonds. The Hall–Kier alpha value is -1.33. The van der Waals surface area contributed by atoms with E-state index in [-0.39, 0.29) is 5.91 Å². The zero-order valence-electron chi connectivity index (χ0n) is 11.8. The second-order valence-corrected chi connectivity index (χ2v) is 5.15. The van der Waals surface area contributed by atoms with Gasteiger partial charge in [0.2, 0.25) is 5.91 Å². The summed E-state index contributed by atoms with van der Waals surface area (Å²) in [5.41, 5.74) is 7.05. The quantitative estimate of drug-likeness (QED) is 0.760. The molecule has 0 atom stereocenters. The Balaban J connectivity index is 2.54. The fraction of sp³-hybridized carbons (Fsp3) is 0.429. The molecule has 20 heavy (non-hydrogen) atoms. The largest absolute Gasteiger partial charge is 0.389 e. The molecule has 0 saturated heterocycles. The van der Waals surface area contributed by atoms with Gasteiger partial charge < -0.3 is 16.0 Å². The van der Waals surface area contributed by atoms with Gasteiger partial charge in [-0.3, -0.25) is 4.79 Å². The molecule has 0 heterocycles. The molecule has 4 nitrogen and oxygen atoms in total. The van der Waals surface area contributed by atoms with Crippen LogP contribution in [0.5, 0.6) is 0 Å². The van der Waals surface area contributed by atoms with Gasteiger partial charge in [-0.2, -0.15) is 0 Å². The number of hydrogen-bond acceptors (Lipinski definition) is 3. The number of nitrogens with two attached hydrogens (primary N) is 1. The van der Waals surface area contributed by atoms with Gasteiger partial charge in [0, 0.05) is 31.6 Å². The molecular weight excluding hydrogens is 294 g/mol. The van der Waals surface area contributed by atoms with Crippen LogP contribution in [-0.4, -0.2) is 35.4 Å². The van der Waals surface area contributed by atoms with Crippen molar-refractivity contribution in [1.29, 1.82) is 0 Å². The molecule has 0 aliphatic rings. The van der Waals surface area contributed by atoms with Gasteiger partial charge in [-0.05, 0) is 32.0 Å². The van der Waals surface area contributed by atoms with Gasteiger partial charge in [-0.25, -0.2) is 0 Å². The van der Waals surface area contributed by atoms with Gasteiger partial charge in [-0.15, -0.1) is 0 Å². The maximum absolute atomic E-state index is 11.8. The van der Waals surface area contributed by atoms with E-state index < -0.39 is 0 Å². The Morgan fingerprint density at radius 2 is 2.05 bits per heavy atom. The number of thiocarbonyl (C=S) groups is 1. The maximum atomic E-state index is 11.8. The number of nitrogens with one attached hydrogen (secondary N) is 1. The number of hydrogen-bond donors (Lipinski definition) is 2. The highest BCUT2D eigenvalue weighted by atomic mass is 35.5. The molecule has 1 aromatic carbocycles. The van der Waals surface area contributed by atoms with Crippen molar-refractivity contribution in [3.63, 3.8) is 0 Å². The molecule has 0 bridgehead atoms. The molecule has 0 spiro atoms. The Morgan fingerprint density at radius 1 is 1.40 bits per heavy atom. The van der Waals surface area contributed by atoms with Crippen LogP contribution in [0.1, 0.15) is 25.8 Å². The summed E-state index contributed by atoms with van der Waals surface area (Å²) in [4.78, 5) is 14.0. The number of nitrogens with zero attached hydrogens (tertiary/aromatic N) is 1. The van der Waals surface area contributed by atoms with Crippen molar-refractivity contribution in [3.05, 3.63) is 28.8 Å². The molecule has 0 aromatic heterocycles. The second kappa shape index (κ2) is 8.07. The first-order chi connectivity index (χ1) is 9.49. The van der Waals surface area contributed by atoms with Gasteiger partial charge in [0.15, 0.2) is 0 Å². The standard InChI is InChI=1S/C14H20ClN3OS/c1-3-18(4-2)13(19)7-8-17-12-6-5-10(14(16)20)9-11(12)15/h5-6,9,17H,3-4,7-8H2,1-2H3,(H2,16,20). The number of amides is 1. The van der Waals surface area contributed by atoms with Crippen molar-refractivity contribution in [3.8, 4) is 0 Å². The highest BCUT2D eigenvalue weighted by Gasteiger charge is 2.09. The molecule has 0 fully saturated rings. The highest BCUT2D eigenvalue weighted by molar-refractivity contribution is 7.80. The molecule has 3 N–H and O–H groups in total. The molecule has 0 saturated carbocycles. The van der Waals surface area contributed by atoms with Gasteiger partial charge in [-0.1, -0.05) is 23.8 Å². The second-order valence-electron chi connectivity index (χ2n) is 4.30. The fourth-order valence-corrected chi connectivity index (χ4v) is 2.22. The number of anilines is 1. The number of halogens is 1. The van der Waals surface area contributed by atoms with Crippen molar-refractivity contribution in [1.82, 2.24) is 4.90 Å². The predicted molar refractivity (Wildman–Crippen MR) is 88.4 cm³/mol. The molecule has 0 aliphatic heterocycles. The summed E-state index contributed by atoms with van der Waals surface area (Å²) in [7, 11) is 0. The first-order valence-electron chi connectivity index (χ1n) is 6.60. The van der Waals surface area contributed by atoms with Crippen LogP contribution >= 0.6 is 23.8 Å².